The monoisotopic (exact) mass is 466 g/mol. The Morgan fingerprint density at radius 3 is 0.971 bits per heavy atom. The minimum Gasteiger partial charge on any atom is -0.292 e. The van der Waals surface area contributed by atoms with Gasteiger partial charge in [0.1, 0.15) is 0 Å². The third-order valence-corrected chi connectivity index (χ3v) is 5.90. The maximum Gasteiger partial charge on any atom is 0.0544 e. The van der Waals surface area contributed by atoms with E-state index >= 15 is 0 Å². The summed E-state index contributed by atoms with van der Waals surface area (Å²) in [5.74, 6) is 0. The number of hydrogen-bond acceptors (Lipinski definition) is 6. The summed E-state index contributed by atoms with van der Waals surface area (Å²) in [6.07, 6.45) is 10.9. The zero-order chi connectivity index (χ0) is 24.0. The highest BCUT2D eigenvalue weighted by atomic mass is 15.1. The summed E-state index contributed by atoms with van der Waals surface area (Å²) in [4.78, 5) is 23.0. The van der Waals surface area contributed by atoms with Gasteiger partial charge in [0.15, 0.2) is 0 Å². The molecular formula is C29H34N6. The molecular weight excluding hydrogens is 432 g/mol. The van der Waals surface area contributed by atoms with Crippen LogP contribution in [0.1, 0.15) is 42.0 Å². The van der Waals surface area contributed by atoms with Crippen molar-refractivity contribution in [1.82, 2.24) is 29.7 Å². The summed E-state index contributed by atoms with van der Waals surface area (Å²) >= 11 is 0. The predicted molar refractivity (Wildman–Crippen MR) is 139 cm³/mol. The van der Waals surface area contributed by atoms with Gasteiger partial charge in [0.25, 0.3) is 0 Å². The average Bonchev–Trinajstić information content (AvgIpc) is 2.91. The standard InChI is InChI=1S/C29H34N6/c1(10-20-34(22-26-12-2-6-16-30-26)23-27-13-3-7-17-31-27)11-21-35(24-28-14-4-8-18-32-28)25-29-15-5-9-19-33-29/h2-9,12-19H,1,10-11,20-25H2. The molecule has 0 bridgehead atoms. The van der Waals surface area contributed by atoms with Gasteiger partial charge in [0.2, 0.25) is 0 Å². The van der Waals surface area contributed by atoms with E-state index in [2.05, 4.69) is 78.3 Å². The molecule has 4 aromatic rings. The van der Waals surface area contributed by atoms with Gasteiger partial charge in [-0.3, -0.25) is 29.7 Å². The molecule has 0 aliphatic rings. The largest absolute Gasteiger partial charge is 0.292 e. The molecule has 0 atom stereocenters. The van der Waals surface area contributed by atoms with Crippen LogP contribution in [0.5, 0.6) is 0 Å². The molecule has 0 spiro atoms. The summed E-state index contributed by atoms with van der Waals surface area (Å²) in [5, 5.41) is 0. The van der Waals surface area contributed by atoms with E-state index in [1.165, 1.54) is 6.42 Å². The van der Waals surface area contributed by atoms with Crippen molar-refractivity contribution < 1.29 is 0 Å². The third kappa shape index (κ3) is 9.00. The van der Waals surface area contributed by atoms with Crippen LogP contribution >= 0.6 is 0 Å². The van der Waals surface area contributed by atoms with Crippen LogP contribution in [0.2, 0.25) is 0 Å². The van der Waals surface area contributed by atoms with Crippen molar-refractivity contribution in [1.29, 1.82) is 0 Å². The van der Waals surface area contributed by atoms with Crippen molar-refractivity contribution in [3.8, 4) is 0 Å². The zero-order valence-corrected chi connectivity index (χ0v) is 20.3. The van der Waals surface area contributed by atoms with Gasteiger partial charge < -0.3 is 0 Å². The van der Waals surface area contributed by atoms with Crippen molar-refractivity contribution in [3.63, 3.8) is 0 Å². The molecule has 4 aromatic heterocycles. The molecule has 0 aliphatic heterocycles. The fourth-order valence-corrected chi connectivity index (χ4v) is 4.16. The molecule has 0 saturated carbocycles. The van der Waals surface area contributed by atoms with E-state index in [4.69, 9.17) is 0 Å². The first-order chi connectivity index (χ1) is 17.3. The molecule has 180 valence electrons. The zero-order valence-electron chi connectivity index (χ0n) is 20.3. The van der Waals surface area contributed by atoms with Crippen LogP contribution in [0.25, 0.3) is 0 Å². The quantitative estimate of drug-likeness (QED) is 0.240. The molecule has 6 heteroatoms. The highest BCUT2D eigenvalue weighted by Gasteiger charge is 2.11. The van der Waals surface area contributed by atoms with Gasteiger partial charge in [0, 0.05) is 51.0 Å². The lowest BCUT2D eigenvalue weighted by Crippen LogP contribution is -2.26. The maximum absolute atomic E-state index is 4.53. The Morgan fingerprint density at radius 1 is 0.400 bits per heavy atom. The van der Waals surface area contributed by atoms with Crippen LogP contribution in [-0.2, 0) is 26.2 Å². The van der Waals surface area contributed by atoms with Crippen molar-refractivity contribution in [2.75, 3.05) is 13.1 Å². The van der Waals surface area contributed by atoms with E-state index in [0.717, 1.165) is 74.9 Å². The molecule has 0 radical (unpaired) electrons. The van der Waals surface area contributed by atoms with Crippen molar-refractivity contribution in [2.45, 2.75) is 45.4 Å². The molecule has 0 aliphatic carbocycles. The van der Waals surface area contributed by atoms with Gasteiger partial charge in [-0.05, 0) is 74.5 Å². The molecule has 0 unspecified atom stereocenters. The van der Waals surface area contributed by atoms with E-state index in [0.29, 0.717) is 0 Å². The molecule has 4 rings (SSSR count). The van der Waals surface area contributed by atoms with Crippen LogP contribution in [0, 0.1) is 0 Å². The molecule has 0 aromatic carbocycles. The van der Waals surface area contributed by atoms with Gasteiger partial charge in [-0.15, -0.1) is 0 Å². The van der Waals surface area contributed by atoms with Gasteiger partial charge in [-0.2, -0.15) is 0 Å². The van der Waals surface area contributed by atoms with E-state index in [9.17, 15) is 0 Å². The van der Waals surface area contributed by atoms with Crippen molar-refractivity contribution >= 4 is 0 Å². The SMILES string of the molecule is c1ccc(CN(CCCCCN(Cc2ccccn2)Cc2ccccn2)Cc2ccccn2)nc1. The Hall–Kier alpha value is -3.48. The topological polar surface area (TPSA) is 58.0 Å². The van der Waals surface area contributed by atoms with Crippen LogP contribution in [0.15, 0.2) is 97.6 Å². The smallest absolute Gasteiger partial charge is 0.0544 e. The molecule has 0 fully saturated rings. The average molecular weight is 467 g/mol. The lowest BCUT2D eigenvalue weighted by Gasteiger charge is -2.23. The third-order valence-electron chi connectivity index (χ3n) is 5.90. The minimum absolute atomic E-state index is 0.836. The van der Waals surface area contributed by atoms with E-state index < -0.39 is 0 Å². The number of rotatable bonds is 14. The first-order valence-corrected chi connectivity index (χ1v) is 12.4. The number of hydrogen-bond donors (Lipinski definition) is 0. The van der Waals surface area contributed by atoms with Crippen LogP contribution < -0.4 is 0 Å². The Morgan fingerprint density at radius 2 is 0.714 bits per heavy atom. The molecule has 4 heterocycles. The Balaban J connectivity index is 1.28. The maximum atomic E-state index is 4.53. The van der Waals surface area contributed by atoms with Crippen LogP contribution in [-0.4, -0.2) is 42.8 Å². The summed E-state index contributed by atoms with van der Waals surface area (Å²) < 4.78 is 0. The molecule has 0 N–H and O–H groups in total. The van der Waals surface area contributed by atoms with Gasteiger partial charge >= 0.3 is 0 Å². The summed E-state index contributed by atoms with van der Waals surface area (Å²) in [6.45, 7) is 5.39. The van der Waals surface area contributed by atoms with Crippen molar-refractivity contribution in [2.24, 2.45) is 0 Å². The molecule has 35 heavy (non-hydrogen) atoms. The fraction of sp³-hybridized carbons (Fsp3) is 0.310. The van der Waals surface area contributed by atoms with E-state index in [-0.39, 0.29) is 0 Å². The fourth-order valence-electron chi connectivity index (χ4n) is 4.16. The van der Waals surface area contributed by atoms with Gasteiger partial charge in [-0.25, -0.2) is 0 Å². The normalized spacial score (nSPS) is 11.3. The first-order valence-electron chi connectivity index (χ1n) is 12.4. The highest BCUT2D eigenvalue weighted by Crippen LogP contribution is 2.12. The highest BCUT2D eigenvalue weighted by molar-refractivity contribution is 5.07. The summed E-state index contributed by atoms with van der Waals surface area (Å²) in [6, 6.07) is 24.5. The second-order valence-electron chi connectivity index (χ2n) is 8.77. The number of pyridine rings is 4. The molecule has 6 nitrogen and oxygen atoms in total. The second kappa shape index (κ2) is 14.0. The van der Waals surface area contributed by atoms with E-state index in [1.54, 1.807) is 0 Å². The molecule has 0 saturated heterocycles. The predicted octanol–water partition coefficient (Wildman–Crippen LogP) is 5.14. The van der Waals surface area contributed by atoms with Crippen molar-refractivity contribution in [3.05, 3.63) is 120 Å². The number of aromatic nitrogens is 4. The Bertz CT molecular complexity index is 905. The van der Waals surface area contributed by atoms with E-state index in [1.807, 2.05) is 49.1 Å². The minimum atomic E-state index is 0.836. The lowest BCUT2D eigenvalue weighted by molar-refractivity contribution is 0.228. The summed E-state index contributed by atoms with van der Waals surface area (Å²) in [7, 11) is 0. The Labute approximate surface area is 208 Å². The van der Waals surface area contributed by atoms with Gasteiger partial charge in [-0.1, -0.05) is 30.7 Å². The van der Waals surface area contributed by atoms with Gasteiger partial charge in [0.05, 0.1) is 22.8 Å². The second-order valence-corrected chi connectivity index (χ2v) is 8.77. The van der Waals surface area contributed by atoms with Crippen LogP contribution in [0.4, 0.5) is 0 Å². The first kappa shape index (κ1) is 24.6. The lowest BCUT2D eigenvalue weighted by atomic mass is 10.2. The summed E-state index contributed by atoms with van der Waals surface area (Å²) in [5.41, 5.74) is 4.39. The van der Waals surface area contributed by atoms with Crippen LogP contribution in [0.3, 0.4) is 0 Å². The Kier molecular flexibility index (Phi) is 9.89. The molecule has 0 amide bonds. The number of unbranched alkanes of at least 4 members (excludes halogenated alkanes) is 2. The number of nitrogens with zero attached hydrogens (tertiary/aromatic N) is 6.